The summed E-state index contributed by atoms with van der Waals surface area (Å²) in [6.07, 6.45) is 4.96. The largest absolute Gasteiger partial charge is 0.454 e. The van der Waals surface area contributed by atoms with E-state index in [2.05, 4.69) is 20.1 Å². The topological polar surface area (TPSA) is 119 Å². The van der Waals surface area contributed by atoms with E-state index in [1.807, 2.05) is 0 Å². The number of anilines is 2. The van der Waals surface area contributed by atoms with Gasteiger partial charge in [-0.15, -0.1) is 11.3 Å². The number of hydrogen-bond acceptors (Lipinski definition) is 7. The summed E-state index contributed by atoms with van der Waals surface area (Å²) in [5.41, 5.74) is 0.438. The van der Waals surface area contributed by atoms with Crippen molar-refractivity contribution >= 4 is 38.1 Å². The fraction of sp³-hybridized carbons (Fsp3) is 0.0556. The van der Waals surface area contributed by atoms with Crippen LogP contribution in [0.5, 0.6) is 0 Å². The first-order valence-electron chi connectivity index (χ1n) is 8.39. The first-order valence-corrected chi connectivity index (χ1v) is 10.8. The van der Waals surface area contributed by atoms with E-state index in [1.54, 1.807) is 40.7 Å². The molecule has 1 amide bonds. The number of rotatable bonds is 7. The highest BCUT2D eigenvalue weighted by molar-refractivity contribution is 7.93. The van der Waals surface area contributed by atoms with Gasteiger partial charge in [0.15, 0.2) is 10.9 Å². The van der Waals surface area contributed by atoms with E-state index in [1.165, 1.54) is 41.8 Å². The van der Waals surface area contributed by atoms with Crippen molar-refractivity contribution in [1.29, 1.82) is 0 Å². The Hall–Kier alpha value is -3.44. The number of nitrogens with one attached hydrogen (secondary N) is 2. The van der Waals surface area contributed by atoms with Gasteiger partial charge in [0.2, 0.25) is 0 Å². The van der Waals surface area contributed by atoms with Gasteiger partial charge in [-0.05, 0) is 42.5 Å². The average molecular weight is 429 g/mol. The number of aromatic nitrogens is 3. The summed E-state index contributed by atoms with van der Waals surface area (Å²) in [6, 6.07) is 10.9. The molecule has 0 radical (unpaired) electrons. The Morgan fingerprint density at radius 1 is 1.14 bits per heavy atom. The lowest BCUT2D eigenvalue weighted by Crippen LogP contribution is -2.13. The van der Waals surface area contributed by atoms with E-state index in [0.717, 1.165) is 0 Å². The van der Waals surface area contributed by atoms with Gasteiger partial charge in [-0.3, -0.25) is 14.2 Å². The number of amides is 1. The SMILES string of the molecule is O=C(Nc1ccc(S(=O)(=O)Nc2nccs2)cc1)c1ccc(Cn2cccn2)o1. The summed E-state index contributed by atoms with van der Waals surface area (Å²) >= 11 is 1.18. The molecule has 29 heavy (non-hydrogen) atoms. The normalized spacial score (nSPS) is 11.3. The fourth-order valence-corrected chi connectivity index (χ4v) is 4.29. The molecule has 3 aromatic heterocycles. The van der Waals surface area contributed by atoms with E-state index in [0.29, 0.717) is 18.0 Å². The first kappa shape index (κ1) is 18.9. The van der Waals surface area contributed by atoms with Crippen LogP contribution in [-0.4, -0.2) is 29.1 Å². The molecule has 9 nitrogen and oxygen atoms in total. The maximum atomic E-state index is 12.4. The van der Waals surface area contributed by atoms with E-state index in [9.17, 15) is 13.2 Å². The second-order valence-corrected chi connectivity index (χ2v) is 8.47. The van der Waals surface area contributed by atoms with Crippen molar-refractivity contribution in [3.63, 3.8) is 0 Å². The van der Waals surface area contributed by atoms with Crippen molar-refractivity contribution in [3.05, 3.63) is 78.0 Å². The predicted octanol–water partition coefficient (Wildman–Crippen LogP) is 3.03. The number of benzene rings is 1. The minimum Gasteiger partial charge on any atom is -0.454 e. The molecular weight excluding hydrogens is 414 g/mol. The quantitative estimate of drug-likeness (QED) is 0.466. The minimum atomic E-state index is -3.74. The first-order chi connectivity index (χ1) is 14.0. The maximum absolute atomic E-state index is 12.4. The number of furan rings is 1. The Kier molecular flexibility index (Phi) is 5.14. The molecule has 0 saturated heterocycles. The monoisotopic (exact) mass is 429 g/mol. The van der Waals surface area contributed by atoms with Gasteiger partial charge in [0.05, 0.1) is 11.4 Å². The fourth-order valence-electron chi connectivity index (χ4n) is 2.50. The van der Waals surface area contributed by atoms with Gasteiger partial charge in [0.1, 0.15) is 5.76 Å². The molecule has 4 aromatic rings. The summed E-state index contributed by atoms with van der Waals surface area (Å²) in [4.78, 5) is 16.3. The van der Waals surface area contributed by atoms with Crippen LogP contribution in [0.2, 0.25) is 0 Å². The lowest BCUT2D eigenvalue weighted by atomic mass is 10.3. The van der Waals surface area contributed by atoms with E-state index in [-0.39, 0.29) is 15.8 Å². The molecule has 4 rings (SSSR count). The Bertz CT molecular complexity index is 1200. The Morgan fingerprint density at radius 2 is 1.97 bits per heavy atom. The molecule has 0 unspecified atom stereocenters. The van der Waals surface area contributed by atoms with Crippen molar-refractivity contribution in [2.45, 2.75) is 11.4 Å². The van der Waals surface area contributed by atoms with Gasteiger partial charge in [0.25, 0.3) is 15.9 Å². The summed E-state index contributed by atoms with van der Waals surface area (Å²) in [5, 5.41) is 8.71. The molecule has 0 saturated carbocycles. The molecule has 11 heteroatoms. The number of nitrogens with zero attached hydrogens (tertiary/aromatic N) is 3. The molecule has 0 aliphatic carbocycles. The molecular formula is C18H15N5O4S2. The highest BCUT2D eigenvalue weighted by Gasteiger charge is 2.16. The van der Waals surface area contributed by atoms with Gasteiger partial charge >= 0.3 is 0 Å². The van der Waals surface area contributed by atoms with Crippen LogP contribution in [0.15, 0.2) is 75.7 Å². The molecule has 2 N–H and O–H groups in total. The van der Waals surface area contributed by atoms with E-state index >= 15 is 0 Å². The van der Waals surface area contributed by atoms with Crippen molar-refractivity contribution in [1.82, 2.24) is 14.8 Å². The van der Waals surface area contributed by atoms with Gasteiger partial charge in [-0.1, -0.05) is 0 Å². The summed E-state index contributed by atoms with van der Waals surface area (Å²) in [5.74, 6) is 0.302. The Labute approximate surface area is 170 Å². The standard InChI is InChI=1S/C18H15N5O4S2/c24-17(16-7-4-14(27-16)12-23-10-1-8-20-23)21-13-2-5-15(6-3-13)29(25,26)22-18-19-9-11-28-18/h1-11H,12H2,(H,19,22)(H,21,24). The highest BCUT2D eigenvalue weighted by atomic mass is 32.2. The van der Waals surface area contributed by atoms with Gasteiger partial charge in [-0.2, -0.15) is 5.10 Å². The molecule has 0 aliphatic rings. The zero-order valence-electron chi connectivity index (χ0n) is 14.8. The number of thiazole rings is 1. The van der Waals surface area contributed by atoms with Crippen LogP contribution in [-0.2, 0) is 16.6 Å². The van der Waals surface area contributed by atoms with Crippen LogP contribution in [0.25, 0.3) is 0 Å². The Balaban J connectivity index is 1.41. The molecule has 0 fully saturated rings. The van der Waals surface area contributed by atoms with E-state index < -0.39 is 15.9 Å². The smallest absolute Gasteiger partial charge is 0.291 e. The van der Waals surface area contributed by atoms with Crippen molar-refractivity contribution in [2.75, 3.05) is 10.0 Å². The van der Waals surface area contributed by atoms with Gasteiger partial charge < -0.3 is 9.73 Å². The minimum absolute atomic E-state index is 0.0604. The predicted molar refractivity (Wildman–Crippen MR) is 107 cm³/mol. The van der Waals surface area contributed by atoms with Crippen LogP contribution >= 0.6 is 11.3 Å². The maximum Gasteiger partial charge on any atom is 0.291 e. The van der Waals surface area contributed by atoms with Crippen molar-refractivity contribution in [3.8, 4) is 0 Å². The van der Waals surface area contributed by atoms with Crippen LogP contribution in [0.4, 0.5) is 10.8 Å². The summed E-state index contributed by atoms with van der Waals surface area (Å²) in [6.45, 7) is 0.416. The summed E-state index contributed by atoms with van der Waals surface area (Å²) < 4.78 is 34.3. The third-order valence-corrected chi connectivity index (χ3v) is 6.01. The lowest BCUT2D eigenvalue weighted by Gasteiger charge is -2.07. The molecule has 0 aliphatic heterocycles. The average Bonchev–Trinajstić information content (AvgIpc) is 3.45. The molecule has 3 heterocycles. The van der Waals surface area contributed by atoms with Crippen molar-refractivity contribution < 1.29 is 17.6 Å². The number of sulfonamides is 1. The van der Waals surface area contributed by atoms with Gasteiger partial charge in [-0.25, -0.2) is 13.4 Å². The van der Waals surface area contributed by atoms with Crippen LogP contribution < -0.4 is 10.0 Å². The van der Waals surface area contributed by atoms with Crippen LogP contribution in [0.1, 0.15) is 16.3 Å². The zero-order valence-corrected chi connectivity index (χ0v) is 16.5. The molecule has 1 aromatic carbocycles. The lowest BCUT2D eigenvalue weighted by molar-refractivity contribution is 0.0994. The number of carbonyl (C=O) groups is 1. The van der Waals surface area contributed by atoms with E-state index in [4.69, 9.17) is 4.42 Å². The molecule has 0 bridgehead atoms. The van der Waals surface area contributed by atoms with Gasteiger partial charge in [0, 0.05) is 29.7 Å². The third kappa shape index (κ3) is 4.52. The molecule has 148 valence electrons. The van der Waals surface area contributed by atoms with Crippen molar-refractivity contribution in [2.24, 2.45) is 0 Å². The zero-order chi connectivity index (χ0) is 20.3. The Morgan fingerprint density at radius 3 is 2.66 bits per heavy atom. The number of carbonyl (C=O) groups excluding carboxylic acids is 1. The van der Waals surface area contributed by atoms with Crippen LogP contribution in [0, 0.1) is 0 Å². The number of hydrogen-bond donors (Lipinski definition) is 2. The molecule has 0 atom stereocenters. The van der Waals surface area contributed by atoms with Crippen LogP contribution in [0.3, 0.4) is 0 Å². The molecule has 0 spiro atoms. The third-order valence-electron chi connectivity index (χ3n) is 3.84. The second kappa shape index (κ2) is 7.89. The summed E-state index contributed by atoms with van der Waals surface area (Å²) in [7, 11) is -3.74. The second-order valence-electron chi connectivity index (χ2n) is 5.89. The highest BCUT2D eigenvalue weighted by Crippen LogP contribution is 2.20.